The van der Waals surface area contributed by atoms with Crippen molar-refractivity contribution in [3.05, 3.63) is 20.8 Å². The fourth-order valence-corrected chi connectivity index (χ4v) is 4.46. The van der Waals surface area contributed by atoms with Gasteiger partial charge in [0.1, 0.15) is 4.83 Å². The molecule has 2 rings (SSSR count). The number of rotatable bonds is 8. The Bertz CT molecular complexity index is 882. The van der Waals surface area contributed by atoms with Crippen molar-refractivity contribution in [1.82, 2.24) is 14.9 Å². The highest BCUT2D eigenvalue weighted by Crippen LogP contribution is 2.30. The van der Waals surface area contributed by atoms with Crippen LogP contribution in [-0.2, 0) is 11.2 Å². The SMILES string of the molecule is CC[C@H](C)Cc1c(C)sc2nc(SCC(=O)N(C)CCC#N)[nH]c(=O)c12. The van der Waals surface area contributed by atoms with E-state index in [-0.39, 0.29) is 17.2 Å². The van der Waals surface area contributed by atoms with E-state index in [0.717, 1.165) is 28.1 Å². The molecule has 1 N–H and O–H groups in total. The lowest BCUT2D eigenvalue weighted by atomic mass is 9.98. The molecule has 6 nitrogen and oxygen atoms in total. The Morgan fingerprint density at radius 3 is 2.88 bits per heavy atom. The number of H-pyrrole nitrogens is 1. The van der Waals surface area contributed by atoms with E-state index < -0.39 is 0 Å². The van der Waals surface area contributed by atoms with Gasteiger partial charge in [-0.15, -0.1) is 11.3 Å². The van der Waals surface area contributed by atoms with Crippen LogP contribution < -0.4 is 5.56 Å². The number of nitrogens with one attached hydrogen (secondary N) is 1. The zero-order valence-electron chi connectivity index (χ0n) is 15.6. The van der Waals surface area contributed by atoms with Crippen LogP contribution in [0.4, 0.5) is 0 Å². The maximum atomic E-state index is 12.6. The molecular formula is C18H24N4O2S2. The molecule has 0 aliphatic heterocycles. The van der Waals surface area contributed by atoms with Crippen LogP contribution in [0.2, 0.25) is 0 Å². The van der Waals surface area contributed by atoms with Crippen LogP contribution >= 0.6 is 23.1 Å². The molecule has 8 heteroatoms. The summed E-state index contributed by atoms with van der Waals surface area (Å²) in [6.45, 7) is 6.77. The van der Waals surface area contributed by atoms with Crippen LogP contribution in [0.5, 0.6) is 0 Å². The minimum atomic E-state index is -0.134. The summed E-state index contributed by atoms with van der Waals surface area (Å²) in [4.78, 5) is 35.4. The van der Waals surface area contributed by atoms with Crippen LogP contribution in [-0.4, -0.2) is 40.1 Å². The van der Waals surface area contributed by atoms with Crippen molar-refractivity contribution in [3.8, 4) is 6.07 Å². The summed E-state index contributed by atoms with van der Waals surface area (Å²) in [7, 11) is 1.67. The molecule has 0 radical (unpaired) electrons. The molecule has 1 amide bonds. The Hall–Kier alpha value is -1.85. The number of nitriles is 1. The minimum absolute atomic E-state index is 0.0900. The van der Waals surface area contributed by atoms with E-state index in [1.807, 2.05) is 13.0 Å². The Kier molecular flexibility index (Phi) is 7.23. The third-order valence-electron chi connectivity index (χ3n) is 4.41. The number of amides is 1. The van der Waals surface area contributed by atoms with E-state index in [4.69, 9.17) is 5.26 Å². The molecule has 1 atom stereocenters. The zero-order valence-corrected chi connectivity index (χ0v) is 17.2. The first-order valence-electron chi connectivity index (χ1n) is 8.63. The predicted molar refractivity (Wildman–Crippen MR) is 107 cm³/mol. The first-order valence-corrected chi connectivity index (χ1v) is 10.4. The van der Waals surface area contributed by atoms with Crippen molar-refractivity contribution in [2.24, 2.45) is 5.92 Å². The fourth-order valence-electron chi connectivity index (χ4n) is 2.55. The molecule has 0 saturated carbocycles. The first kappa shape index (κ1) is 20.5. The van der Waals surface area contributed by atoms with Crippen molar-refractivity contribution in [3.63, 3.8) is 0 Å². The minimum Gasteiger partial charge on any atom is -0.344 e. The normalized spacial score (nSPS) is 12.1. The van der Waals surface area contributed by atoms with E-state index in [1.165, 1.54) is 28.0 Å². The van der Waals surface area contributed by atoms with E-state index in [0.29, 0.717) is 29.4 Å². The lowest BCUT2D eigenvalue weighted by molar-refractivity contribution is -0.127. The molecule has 0 fully saturated rings. The number of thioether (sulfide) groups is 1. The number of aromatic amines is 1. The molecule has 0 aliphatic carbocycles. The van der Waals surface area contributed by atoms with Gasteiger partial charge in [-0.05, 0) is 24.8 Å². The summed E-state index contributed by atoms with van der Waals surface area (Å²) in [5, 5.41) is 9.74. The van der Waals surface area contributed by atoms with Crippen LogP contribution in [0.3, 0.4) is 0 Å². The van der Waals surface area contributed by atoms with Crippen molar-refractivity contribution < 1.29 is 4.79 Å². The lowest BCUT2D eigenvalue weighted by Crippen LogP contribution is -2.29. The molecule has 140 valence electrons. The van der Waals surface area contributed by atoms with Crippen molar-refractivity contribution in [1.29, 1.82) is 5.26 Å². The van der Waals surface area contributed by atoms with E-state index in [2.05, 4.69) is 23.8 Å². The van der Waals surface area contributed by atoms with Crippen LogP contribution in [0.1, 0.15) is 37.1 Å². The maximum absolute atomic E-state index is 12.6. The predicted octanol–water partition coefficient (Wildman–Crippen LogP) is 3.35. The monoisotopic (exact) mass is 392 g/mol. The van der Waals surface area contributed by atoms with Gasteiger partial charge < -0.3 is 9.88 Å². The summed E-state index contributed by atoms with van der Waals surface area (Å²) < 4.78 is 0. The number of thiophene rings is 1. The van der Waals surface area contributed by atoms with Gasteiger partial charge in [-0.3, -0.25) is 9.59 Å². The molecule has 2 aromatic heterocycles. The summed E-state index contributed by atoms with van der Waals surface area (Å²) in [5.74, 6) is 0.606. The van der Waals surface area contributed by atoms with Gasteiger partial charge in [0, 0.05) is 18.5 Å². The third-order valence-corrected chi connectivity index (χ3v) is 6.31. The quantitative estimate of drug-likeness (QED) is 0.550. The summed E-state index contributed by atoms with van der Waals surface area (Å²) in [5.41, 5.74) is 0.961. The van der Waals surface area contributed by atoms with Crippen molar-refractivity contribution in [2.45, 2.75) is 45.2 Å². The average Bonchev–Trinajstić information content (AvgIpc) is 2.93. The summed E-state index contributed by atoms with van der Waals surface area (Å²) in [6, 6.07) is 2.02. The molecule has 2 heterocycles. The molecule has 0 aromatic carbocycles. The standard InChI is InChI=1S/C18H24N4O2S2/c1-5-11(2)9-13-12(3)26-17-15(13)16(24)20-18(21-17)25-10-14(23)22(4)8-6-7-19/h11H,5-6,8-10H2,1-4H3,(H,20,21,24)/t11-/m0/s1. The van der Waals surface area contributed by atoms with E-state index in [1.54, 1.807) is 7.05 Å². The molecule has 2 aromatic rings. The van der Waals surface area contributed by atoms with Crippen molar-refractivity contribution >= 4 is 39.2 Å². The molecule has 0 unspecified atom stereocenters. The number of carbonyl (C=O) groups excluding carboxylic acids is 1. The zero-order chi connectivity index (χ0) is 19.3. The lowest BCUT2D eigenvalue weighted by Gasteiger charge is -2.14. The Morgan fingerprint density at radius 1 is 1.50 bits per heavy atom. The van der Waals surface area contributed by atoms with Crippen LogP contribution in [0, 0.1) is 24.2 Å². The molecule has 0 spiro atoms. The highest BCUT2D eigenvalue weighted by Gasteiger charge is 2.17. The number of fused-ring (bicyclic) bond motifs is 1. The van der Waals surface area contributed by atoms with Gasteiger partial charge in [-0.2, -0.15) is 5.26 Å². The molecule has 0 bridgehead atoms. The Labute approximate surface area is 161 Å². The number of carbonyl (C=O) groups is 1. The van der Waals surface area contributed by atoms with Gasteiger partial charge in [0.05, 0.1) is 23.6 Å². The summed E-state index contributed by atoms with van der Waals surface area (Å²) in [6.07, 6.45) is 2.25. The molecular weight excluding hydrogens is 368 g/mol. The highest BCUT2D eigenvalue weighted by molar-refractivity contribution is 7.99. The smallest absolute Gasteiger partial charge is 0.260 e. The fraction of sp³-hybridized carbons (Fsp3) is 0.556. The summed E-state index contributed by atoms with van der Waals surface area (Å²) >= 11 is 2.75. The Balaban J connectivity index is 2.18. The average molecular weight is 393 g/mol. The maximum Gasteiger partial charge on any atom is 0.260 e. The number of aryl methyl sites for hydroxylation is 1. The van der Waals surface area contributed by atoms with Gasteiger partial charge in [0.25, 0.3) is 5.56 Å². The van der Waals surface area contributed by atoms with Gasteiger partial charge >= 0.3 is 0 Å². The second-order valence-electron chi connectivity index (χ2n) is 6.42. The van der Waals surface area contributed by atoms with Gasteiger partial charge in [0.15, 0.2) is 5.16 Å². The second kappa shape index (κ2) is 9.19. The second-order valence-corrected chi connectivity index (χ2v) is 8.58. The topological polar surface area (TPSA) is 89.8 Å². The largest absolute Gasteiger partial charge is 0.344 e. The van der Waals surface area contributed by atoms with E-state index in [9.17, 15) is 9.59 Å². The number of hydrogen-bond acceptors (Lipinski definition) is 6. The third kappa shape index (κ3) is 4.86. The molecule has 26 heavy (non-hydrogen) atoms. The first-order chi connectivity index (χ1) is 12.4. The van der Waals surface area contributed by atoms with Crippen molar-refractivity contribution in [2.75, 3.05) is 19.3 Å². The molecule has 0 saturated heterocycles. The number of aromatic nitrogens is 2. The highest BCUT2D eigenvalue weighted by atomic mass is 32.2. The van der Waals surface area contributed by atoms with Gasteiger partial charge in [-0.1, -0.05) is 32.0 Å². The van der Waals surface area contributed by atoms with Crippen LogP contribution in [0.25, 0.3) is 10.2 Å². The van der Waals surface area contributed by atoms with Crippen LogP contribution in [0.15, 0.2) is 9.95 Å². The van der Waals surface area contributed by atoms with E-state index >= 15 is 0 Å². The van der Waals surface area contributed by atoms with Gasteiger partial charge in [0.2, 0.25) is 5.91 Å². The van der Waals surface area contributed by atoms with Gasteiger partial charge in [-0.25, -0.2) is 4.98 Å². The molecule has 0 aliphatic rings. The number of nitrogens with zero attached hydrogens (tertiary/aromatic N) is 3. The number of hydrogen-bond donors (Lipinski definition) is 1. The Morgan fingerprint density at radius 2 is 2.23 bits per heavy atom.